The van der Waals surface area contributed by atoms with E-state index in [9.17, 15) is 13.2 Å². The number of thiocarbonyl (C=S) groups is 1. The maximum atomic E-state index is 12.3. The minimum atomic E-state index is -4.74. The SMILES string of the molecule is FC(F)(F)Oc1ccc(-n2cnc(-c3ccc(C=NNC(=S)NCc4ccco4)cc3)n2)cc1. The predicted octanol–water partition coefficient (Wildman–Crippen LogP) is 4.42. The van der Waals surface area contributed by atoms with E-state index in [1.54, 1.807) is 18.5 Å². The first kappa shape index (κ1) is 23.0. The summed E-state index contributed by atoms with van der Waals surface area (Å²) in [6.45, 7) is 0.453. The summed E-state index contributed by atoms with van der Waals surface area (Å²) in [5.74, 6) is 0.908. The lowest BCUT2D eigenvalue weighted by atomic mass is 10.1. The maximum Gasteiger partial charge on any atom is 0.573 e. The average Bonchev–Trinajstić information content (AvgIpc) is 3.50. The number of nitrogens with zero attached hydrogens (tertiary/aromatic N) is 4. The second-order valence-electron chi connectivity index (χ2n) is 6.81. The van der Waals surface area contributed by atoms with Gasteiger partial charge in [-0.05, 0) is 54.2 Å². The van der Waals surface area contributed by atoms with Crippen LogP contribution >= 0.6 is 12.2 Å². The van der Waals surface area contributed by atoms with Crippen LogP contribution in [0.2, 0.25) is 0 Å². The van der Waals surface area contributed by atoms with Crippen molar-refractivity contribution in [3.05, 3.63) is 84.6 Å². The zero-order valence-corrected chi connectivity index (χ0v) is 18.2. The number of nitrogens with one attached hydrogen (secondary N) is 2. The van der Waals surface area contributed by atoms with Crippen molar-refractivity contribution in [2.24, 2.45) is 5.10 Å². The Bertz CT molecular complexity index is 1250. The molecule has 0 unspecified atom stereocenters. The average molecular weight is 486 g/mol. The number of alkyl halides is 3. The van der Waals surface area contributed by atoms with Gasteiger partial charge in [0, 0.05) is 5.56 Å². The molecule has 0 aliphatic heterocycles. The summed E-state index contributed by atoms with van der Waals surface area (Å²) in [5.41, 5.74) is 4.85. The Morgan fingerprint density at radius 2 is 1.88 bits per heavy atom. The van der Waals surface area contributed by atoms with Gasteiger partial charge in [-0.2, -0.15) is 5.10 Å². The number of hydrogen-bond acceptors (Lipinski definition) is 6. The molecule has 2 aromatic carbocycles. The smallest absolute Gasteiger partial charge is 0.467 e. The molecule has 4 aromatic rings. The number of furan rings is 1. The van der Waals surface area contributed by atoms with Crippen LogP contribution in [0.4, 0.5) is 13.2 Å². The molecule has 0 aliphatic rings. The van der Waals surface area contributed by atoms with Gasteiger partial charge in [0.2, 0.25) is 0 Å². The number of benzene rings is 2. The van der Waals surface area contributed by atoms with E-state index in [0.29, 0.717) is 23.2 Å². The molecule has 0 bridgehead atoms. The molecule has 2 heterocycles. The van der Waals surface area contributed by atoms with E-state index >= 15 is 0 Å². The van der Waals surface area contributed by atoms with E-state index < -0.39 is 6.36 Å². The van der Waals surface area contributed by atoms with Gasteiger partial charge in [0.25, 0.3) is 0 Å². The Morgan fingerprint density at radius 1 is 1.12 bits per heavy atom. The lowest BCUT2D eigenvalue weighted by molar-refractivity contribution is -0.274. The number of hydrazone groups is 1. The quantitative estimate of drug-likeness (QED) is 0.227. The Hall–Kier alpha value is -4.19. The van der Waals surface area contributed by atoms with Gasteiger partial charge in [-0.3, -0.25) is 5.43 Å². The van der Waals surface area contributed by atoms with Gasteiger partial charge in [-0.1, -0.05) is 24.3 Å². The molecule has 174 valence electrons. The van der Waals surface area contributed by atoms with Crippen molar-refractivity contribution in [3.8, 4) is 22.8 Å². The number of aromatic nitrogens is 3. The summed E-state index contributed by atoms with van der Waals surface area (Å²) in [5, 5.41) is 11.8. The molecule has 0 atom stereocenters. The first-order valence-electron chi connectivity index (χ1n) is 9.83. The van der Waals surface area contributed by atoms with Crippen LogP contribution in [0, 0.1) is 0 Å². The van der Waals surface area contributed by atoms with E-state index in [-0.39, 0.29) is 5.75 Å². The molecule has 0 radical (unpaired) electrons. The van der Waals surface area contributed by atoms with Crippen LogP contribution in [0.1, 0.15) is 11.3 Å². The first-order valence-corrected chi connectivity index (χ1v) is 10.2. The molecule has 0 fully saturated rings. The molecule has 8 nitrogen and oxygen atoms in total. The van der Waals surface area contributed by atoms with Gasteiger partial charge in [0.05, 0.1) is 24.7 Å². The largest absolute Gasteiger partial charge is 0.573 e. The molecular weight excluding hydrogens is 469 g/mol. The molecule has 2 aromatic heterocycles. The molecular formula is C22H17F3N6O2S. The van der Waals surface area contributed by atoms with Gasteiger partial charge in [-0.15, -0.1) is 18.3 Å². The van der Waals surface area contributed by atoms with Crippen molar-refractivity contribution in [1.29, 1.82) is 0 Å². The Morgan fingerprint density at radius 3 is 2.56 bits per heavy atom. The van der Waals surface area contributed by atoms with Crippen molar-refractivity contribution in [2.45, 2.75) is 12.9 Å². The molecule has 0 aliphatic carbocycles. The molecule has 0 saturated carbocycles. The number of rotatable bonds is 7. The van der Waals surface area contributed by atoms with Crippen molar-refractivity contribution >= 4 is 23.5 Å². The molecule has 0 amide bonds. The standard InChI is InChI=1S/C22H17F3N6O2S/c23-22(24,25)33-18-9-7-17(8-10-18)31-14-27-20(30-31)16-5-3-15(4-6-16)12-28-29-21(34)26-13-19-2-1-11-32-19/h1-12,14H,13H2,(H2,26,29,34). The summed E-state index contributed by atoms with van der Waals surface area (Å²) < 4.78 is 47.4. The highest BCUT2D eigenvalue weighted by molar-refractivity contribution is 7.80. The molecule has 34 heavy (non-hydrogen) atoms. The van der Waals surface area contributed by atoms with Crippen LogP contribution in [0.15, 0.2) is 82.8 Å². The van der Waals surface area contributed by atoms with Gasteiger partial charge in [0.15, 0.2) is 10.9 Å². The fraction of sp³-hybridized carbons (Fsp3) is 0.0909. The van der Waals surface area contributed by atoms with E-state index in [4.69, 9.17) is 16.6 Å². The molecule has 2 N–H and O–H groups in total. The van der Waals surface area contributed by atoms with Crippen LogP contribution < -0.4 is 15.5 Å². The monoisotopic (exact) mass is 486 g/mol. The van der Waals surface area contributed by atoms with Gasteiger partial charge in [-0.25, -0.2) is 9.67 Å². The van der Waals surface area contributed by atoms with Crippen LogP contribution in [-0.2, 0) is 6.54 Å². The van der Waals surface area contributed by atoms with Crippen LogP contribution in [0.3, 0.4) is 0 Å². The van der Waals surface area contributed by atoms with Gasteiger partial charge >= 0.3 is 6.36 Å². The van der Waals surface area contributed by atoms with Crippen LogP contribution in [-0.4, -0.2) is 32.5 Å². The highest BCUT2D eigenvalue weighted by atomic mass is 32.1. The Kier molecular flexibility index (Phi) is 6.87. The van der Waals surface area contributed by atoms with E-state index in [0.717, 1.165) is 16.9 Å². The van der Waals surface area contributed by atoms with Crippen molar-refractivity contribution < 1.29 is 22.3 Å². The van der Waals surface area contributed by atoms with Crippen LogP contribution in [0.25, 0.3) is 17.1 Å². The minimum absolute atomic E-state index is 0.308. The van der Waals surface area contributed by atoms with Crippen molar-refractivity contribution in [1.82, 2.24) is 25.5 Å². The Balaban J connectivity index is 1.32. The normalized spacial score (nSPS) is 11.5. The fourth-order valence-corrected chi connectivity index (χ4v) is 2.95. The van der Waals surface area contributed by atoms with E-state index in [1.165, 1.54) is 35.3 Å². The predicted molar refractivity (Wildman–Crippen MR) is 122 cm³/mol. The summed E-state index contributed by atoms with van der Waals surface area (Å²) >= 11 is 5.15. The minimum Gasteiger partial charge on any atom is -0.467 e. The van der Waals surface area contributed by atoms with E-state index in [1.807, 2.05) is 30.3 Å². The number of halogens is 3. The van der Waals surface area contributed by atoms with Crippen molar-refractivity contribution in [2.75, 3.05) is 0 Å². The third-order valence-corrected chi connectivity index (χ3v) is 4.61. The van der Waals surface area contributed by atoms with E-state index in [2.05, 4.69) is 30.7 Å². The van der Waals surface area contributed by atoms with Crippen LogP contribution in [0.5, 0.6) is 5.75 Å². The third kappa shape index (κ3) is 6.42. The number of ether oxygens (including phenoxy) is 1. The zero-order chi connectivity index (χ0) is 24.0. The topological polar surface area (TPSA) is 89.5 Å². The maximum absolute atomic E-state index is 12.3. The summed E-state index contributed by atoms with van der Waals surface area (Å²) in [7, 11) is 0. The summed E-state index contributed by atoms with van der Waals surface area (Å²) in [4.78, 5) is 4.26. The first-order chi connectivity index (χ1) is 16.4. The lowest BCUT2D eigenvalue weighted by Gasteiger charge is -2.09. The van der Waals surface area contributed by atoms with Crippen molar-refractivity contribution in [3.63, 3.8) is 0 Å². The highest BCUT2D eigenvalue weighted by Crippen LogP contribution is 2.24. The Labute approximate surface area is 197 Å². The van der Waals surface area contributed by atoms with Gasteiger partial charge in [0.1, 0.15) is 17.8 Å². The third-order valence-electron chi connectivity index (χ3n) is 4.38. The molecule has 0 spiro atoms. The van der Waals surface area contributed by atoms with Gasteiger partial charge < -0.3 is 14.5 Å². The highest BCUT2D eigenvalue weighted by Gasteiger charge is 2.31. The molecule has 12 heteroatoms. The molecule has 0 saturated heterocycles. The molecule has 4 rings (SSSR count). The second kappa shape index (κ2) is 10.2. The number of hydrogen-bond donors (Lipinski definition) is 2. The summed E-state index contributed by atoms with van der Waals surface area (Å²) in [6, 6.07) is 16.3. The second-order valence-corrected chi connectivity index (χ2v) is 7.22. The fourth-order valence-electron chi connectivity index (χ4n) is 2.82. The summed E-state index contributed by atoms with van der Waals surface area (Å²) in [6.07, 6.45) is -0.0617. The lowest BCUT2D eigenvalue weighted by Crippen LogP contribution is -2.31. The zero-order valence-electron chi connectivity index (χ0n) is 17.4.